The first kappa shape index (κ1) is 10.2. The molecule has 76 valence electrons. The van der Waals surface area contributed by atoms with E-state index in [1.165, 1.54) is 0 Å². The Morgan fingerprint density at radius 1 is 1.43 bits per heavy atom. The molecule has 2 rings (SSSR count). The Morgan fingerprint density at radius 3 is 2.43 bits per heavy atom. The third-order valence-electron chi connectivity index (χ3n) is 3.09. The highest BCUT2D eigenvalue weighted by Crippen LogP contribution is 2.58. The summed E-state index contributed by atoms with van der Waals surface area (Å²) in [7, 11) is 0. The summed E-state index contributed by atoms with van der Waals surface area (Å²) in [5.74, 6) is 0.305. The van der Waals surface area contributed by atoms with Crippen molar-refractivity contribution in [2.45, 2.75) is 25.8 Å². The van der Waals surface area contributed by atoms with Gasteiger partial charge in [0.1, 0.15) is 5.15 Å². The maximum atomic E-state index is 6.08. The lowest BCUT2D eigenvalue weighted by molar-refractivity contribution is 0.598. The van der Waals surface area contributed by atoms with Gasteiger partial charge < -0.3 is 5.73 Å². The molecular formula is C10H12Cl2N2. The van der Waals surface area contributed by atoms with E-state index in [0.29, 0.717) is 16.1 Å². The van der Waals surface area contributed by atoms with Crippen molar-refractivity contribution >= 4 is 23.2 Å². The van der Waals surface area contributed by atoms with E-state index >= 15 is 0 Å². The van der Waals surface area contributed by atoms with Gasteiger partial charge in [-0.05, 0) is 17.0 Å². The lowest BCUT2D eigenvalue weighted by atomic mass is 10.1. The molecule has 1 heterocycles. The van der Waals surface area contributed by atoms with Gasteiger partial charge in [0.05, 0.1) is 0 Å². The Morgan fingerprint density at radius 2 is 2.00 bits per heavy atom. The van der Waals surface area contributed by atoms with Crippen molar-refractivity contribution in [1.29, 1.82) is 0 Å². The van der Waals surface area contributed by atoms with Crippen LogP contribution in [0.25, 0.3) is 0 Å². The molecule has 1 fully saturated rings. The molecule has 1 aromatic rings. The molecule has 0 amide bonds. The predicted molar refractivity (Wildman–Crippen MR) is 58.8 cm³/mol. The van der Waals surface area contributed by atoms with E-state index in [2.05, 4.69) is 18.8 Å². The lowest BCUT2D eigenvalue weighted by Crippen LogP contribution is -2.06. The monoisotopic (exact) mass is 230 g/mol. The summed E-state index contributed by atoms with van der Waals surface area (Å²) in [5.41, 5.74) is 7.10. The Hall–Kier alpha value is -0.310. The van der Waals surface area contributed by atoms with Gasteiger partial charge in [0.15, 0.2) is 0 Å². The fraction of sp³-hybridized carbons (Fsp3) is 0.500. The van der Waals surface area contributed by atoms with Crippen molar-refractivity contribution in [3.63, 3.8) is 0 Å². The first-order chi connectivity index (χ1) is 6.44. The SMILES string of the molecule is CC1(C)[C@H](N)[C@H]1c1cnc(Cl)cc1Cl. The number of hydrogen-bond donors (Lipinski definition) is 1. The van der Waals surface area contributed by atoms with Crippen molar-refractivity contribution in [3.8, 4) is 0 Å². The van der Waals surface area contributed by atoms with E-state index in [0.717, 1.165) is 5.56 Å². The van der Waals surface area contributed by atoms with Crippen molar-refractivity contribution in [2.24, 2.45) is 11.1 Å². The summed E-state index contributed by atoms with van der Waals surface area (Å²) >= 11 is 11.8. The lowest BCUT2D eigenvalue weighted by Gasteiger charge is -2.04. The van der Waals surface area contributed by atoms with Gasteiger partial charge in [-0.3, -0.25) is 0 Å². The molecule has 4 heteroatoms. The highest BCUT2D eigenvalue weighted by atomic mass is 35.5. The van der Waals surface area contributed by atoms with Crippen LogP contribution < -0.4 is 5.73 Å². The Labute approximate surface area is 93.4 Å². The van der Waals surface area contributed by atoms with Gasteiger partial charge in [-0.15, -0.1) is 0 Å². The van der Waals surface area contributed by atoms with Crippen LogP contribution in [0.5, 0.6) is 0 Å². The van der Waals surface area contributed by atoms with E-state index in [4.69, 9.17) is 28.9 Å². The normalized spacial score (nSPS) is 28.9. The first-order valence-corrected chi connectivity index (χ1v) is 5.26. The minimum Gasteiger partial charge on any atom is -0.327 e. The van der Waals surface area contributed by atoms with Crippen LogP contribution in [-0.4, -0.2) is 11.0 Å². The molecule has 0 aromatic carbocycles. The number of aromatic nitrogens is 1. The molecule has 0 aliphatic heterocycles. The van der Waals surface area contributed by atoms with Gasteiger partial charge in [0, 0.05) is 23.2 Å². The second kappa shape index (κ2) is 3.09. The van der Waals surface area contributed by atoms with Crippen LogP contribution >= 0.6 is 23.2 Å². The number of hydrogen-bond acceptors (Lipinski definition) is 2. The van der Waals surface area contributed by atoms with Gasteiger partial charge in [-0.25, -0.2) is 4.98 Å². The minimum absolute atomic E-state index is 0.124. The molecule has 2 nitrogen and oxygen atoms in total. The fourth-order valence-electron chi connectivity index (χ4n) is 1.92. The Bertz CT molecular complexity index is 376. The molecule has 1 aliphatic rings. The third-order valence-corrected chi connectivity index (χ3v) is 3.63. The van der Waals surface area contributed by atoms with Crippen LogP contribution in [0.4, 0.5) is 0 Å². The number of halogens is 2. The molecule has 0 bridgehead atoms. The van der Waals surface area contributed by atoms with E-state index < -0.39 is 0 Å². The summed E-state index contributed by atoms with van der Waals surface area (Å²) < 4.78 is 0. The zero-order valence-electron chi connectivity index (χ0n) is 8.09. The molecular weight excluding hydrogens is 219 g/mol. The Balaban J connectivity index is 2.36. The van der Waals surface area contributed by atoms with E-state index in [9.17, 15) is 0 Å². The molecule has 14 heavy (non-hydrogen) atoms. The first-order valence-electron chi connectivity index (χ1n) is 4.51. The summed E-state index contributed by atoms with van der Waals surface area (Å²) in [5, 5.41) is 1.09. The topological polar surface area (TPSA) is 38.9 Å². The average molecular weight is 231 g/mol. The van der Waals surface area contributed by atoms with E-state index in [1.807, 2.05) is 0 Å². The number of rotatable bonds is 1. The number of nitrogens with two attached hydrogens (primary N) is 1. The number of nitrogens with zero attached hydrogens (tertiary/aromatic N) is 1. The summed E-state index contributed by atoms with van der Waals surface area (Å²) in [6.07, 6.45) is 1.73. The molecule has 0 unspecified atom stereocenters. The van der Waals surface area contributed by atoms with Gasteiger partial charge in [0.2, 0.25) is 0 Å². The quantitative estimate of drug-likeness (QED) is 0.754. The van der Waals surface area contributed by atoms with Crippen LogP contribution in [0.3, 0.4) is 0 Å². The second-order valence-electron chi connectivity index (χ2n) is 4.35. The smallest absolute Gasteiger partial charge is 0.130 e. The minimum atomic E-state index is 0.124. The van der Waals surface area contributed by atoms with Crippen LogP contribution in [0.1, 0.15) is 25.3 Å². The van der Waals surface area contributed by atoms with Crippen LogP contribution in [-0.2, 0) is 0 Å². The maximum absolute atomic E-state index is 6.08. The maximum Gasteiger partial charge on any atom is 0.130 e. The molecule has 1 saturated carbocycles. The van der Waals surface area contributed by atoms with Crippen molar-refractivity contribution in [2.75, 3.05) is 0 Å². The molecule has 1 aliphatic carbocycles. The standard InChI is InChI=1S/C10H12Cl2N2/c1-10(2)8(9(10)13)5-4-14-7(12)3-6(5)11/h3-4,8-9H,13H2,1-2H3/t8-,9-/m1/s1. The molecule has 2 N–H and O–H groups in total. The van der Waals surface area contributed by atoms with Gasteiger partial charge in [0.25, 0.3) is 0 Å². The summed E-state index contributed by atoms with van der Waals surface area (Å²) in [4.78, 5) is 4.03. The van der Waals surface area contributed by atoms with E-state index in [1.54, 1.807) is 12.3 Å². The fourth-order valence-corrected chi connectivity index (χ4v) is 2.40. The Kier molecular flexibility index (Phi) is 2.25. The van der Waals surface area contributed by atoms with Crippen LogP contribution in [0, 0.1) is 5.41 Å². The van der Waals surface area contributed by atoms with Crippen LogP contribution in [0.2, 0.25) is 10.2 Å². The highest BCUT2D eigenvalue weighted by molar-refractivity contribution is 6.34. The van der Waals surface area contributed by atoms with E-state index in [-0.39, 0.29) is 11.5 Å². The molecule has 0 spiro atoms. The average Bonchev–Trinajstić information content (AvgIpc) is 2.54. The largest absolute Gasteiger partial charge is 0.327 e. The van der Waals surface area contributed by atoms with Crippen molar-refractivity contribution in [3.05, 3.63) is 28.0 Å². The van der Waals surface area contributed by atoms with Crippen molar-refractivity contribution < 1.29 is 0 Å². The molecule has 2 atom stereocenters. The summed E-state index contributed by atoms with van der Waals surface area (Å²) in [6.45, 7) is 4.26. The van der Waals surface area contributed by atoms with Gasteiger partial charge >= 0.3 is 0 Å². The number of pyridine rings is 1. The van der Waals surface area contributed by atoms with Gasteiger partial charge in [-0.2, -0.15) is 0 Å². The molecule has 1 aromatic heterocycles. The highest BCUT2D eigenvalue weighted by Gasteiger charge is 2.56. The predicted octanol–water partition coefficient (Wildman–Crippen LogP) is 2.84. The molecule has 0 saturated heterocycles. The summed E-state index contributed by atoms with van der Waals surface area (Å²) in [6, 6.07) is 1.84. The molecule has 0 radical (unpaired) electrons. The third kappa shape index (κ3) is 1.42. The van der Waals surface area contributed by atoms with Crippen molar-refractivity contribution in [1.82, 2.24) is 4.98 Å². The second-order valence-corrected chi connectivity index (χ2v) is 5.15. The zero-order valence-corrected chi connectivity index (χ0v) is 9.60. The zero-order chi connectivity index (χ0) is 10.5. The van der Waals surface area contributed by atoms with Crippen LogP contribution in [0.15, 0.2) is 12.3 Å². The van der Waals surface area contributed by atoms with Gasteiger partial charge in [-0.1, -0.05) is 37.0 Å².